The van der Waals surface area contributed by atoms with E-state index < -0.39 is 0 Å². The van der Waals surface area contributed by atoms with Gasteiger partial charge in [0.2, 0.25) is 0 Å². The summed E-state index contributed by atoms with van der Waals surface area (Å²) < 4.78 is 0. The van der Waals surface area contributed by atoms with E-state index in [1.54, 1.807) is 0 Å². The molecule has 0 aliphatic heterocycles. The van der Waals surface area contributed by atoms with Crippen molar-refractivity contribution in [2.45, 2.75) is 46.7 Å². The lowest BCUT2D eigenvalue weighted by atomic mass is 9.98. The van der Waals surface area contributed by atoms with Crippen molar-refractivity contribution in [1.82, 2.24) is 10.2 Å². The van der Waals surface area contributed by atoms with Crippen LogP contribution in [-0.2, 0) is 0 Å². The SMILES string of the molecule is CC(C)CNCC(C(C)C)N(C)C(C)c1ccccc1Cl. The van der Waals surface area contributed by atoms with Gasteiger partial charge in [-0.15, -0.1) is 0 Å². The maximum atomic E-state index is 6.35. The van der Waals surface area contributed by atoms with E-state index in [2.05, 4.69) is 64.0 Å². The maximum Gasteiger partial charge on any atom is 0.0453 e. The van der Waals surface area contributed by atoms with Crippen molar-refractivity contribution in [3.63, 3.8) is 0 Å². The molecule has 0 radical (unpaired) electrons. The Morgan fingerprint density at radius 1 is 1.05 bits per heavy atom. The Kier molecular flexibility index (Phi) is 7.72. The molecule has 1 rings (SSSR count). The molecule has 0 aliphatic carbocycles. The number of likely N-dealkylation sites (N-methyl/N-ethyl adjacent to an activating group) is 1. The van der Waals surface area contributed by atoms with Gasteiger partial charge in [0.05, 0.1) is 0 Å². The van der Waals surface area contributed by atoms with Crippen LogP contribution in [0.2, 0.25) is 5.02 Å². The molecule has 3 heteroatoms. The van der Waals surface area contributed by atoms with Crippen molar-refractivity contribution < 1.29 is 0 Å². The van der Waals surface area contributed by atoms with Crippen LogP contribution in [0.1, 0.15) is 46.2 Å². The third kappa shape index (κ3) is 5.61. The van der Waals surface area contributed by atoms with Gasteiger partial charge in [0.1, 0.15) is 0 Å². The van der Waals surface area contributed by atoms with E-state index in [-0.39, 0.29) is 0 Å². The van der Waals surface area contributed by atoms with Crippen LogP contribution in [0.25, 0.3) is 0 Å². The lowest BCUT2D eigenvalue weighted by Crippen LogP contribution is -2.45. The molecule has 2 atom stereocenters. The van der Waals surface area contributed by atoms with Gasteiger partial charge >= 0.3 is 0 Å². The van der Waals surface area contributed by atoms with Crippen LogP contribution in [0, 0.1) is 11.8 Å². The number of hydrogen-bond donors (Lipinski definition) is 1. The quantitative estimate of drug-likeness (QED) is 0.754. The second-order valence-electron chi connectivity index (χ2n) is 6.73. The van der Waals surface area contributed by atoms with E-state index in [1.165, 1.54) is 5.56 Å². The Morgan fingerprint density at radius 3 is 2.19 bits per heavy atom. The molecule has 0 fully saturated rings. The molecule has 1 aromatic carbocycles. The number of benzene rings is 1. The van der Waals surface area contributed by atoms with Gasteiger partial charge < -0.3 is 5.32 Å². The number of hydrogen-bond acceptors (Lipinski definition) is 2. The summed E-state index contributed by atoms with van der Waals surface area (Å²) in [7, 11) is 2.20. The zero-order valence-electron chi connectivity index (χ0n) is 14.4. The highest BCUT2D eigenvalue weighted by Gasteiger charge is 2.24. The molecule has 1 aromatic rings. The second-order valence-corrected chi connectivity index (χ2v) is 7.13. The second kappa shape index (κ2) is 8.77. The van der Waals surface area contributed by atoms with E-state index in [1.807, 2.05) is 12.1 Å². The Hall–Kier alpha value is -0.570. The van der Waals surface area contributed by atoms with Gasteiger partial charge in [-0.05, 0) is 44.0 Å². The Morgan fingerprint density at radius 2 is 1.67 bits per heavy atom. The molecule has 0 saturated heterocycles. The average Bonchev–Trinajstić information content (AvgIpc) is 2.42. The summed E-state index contributed by atoms with van der Waals surface area (Å²) in [5.41, 5.74) is 1.20. The van der Waals surface area contributed by atoms with Crippen LogP contribution in [-0.4, -0.2) is 31.1 Å². The normalized spacial score (nSPS) is 15.0. The van der Waals surface area contributed by atoms with Crippen LogP contribution in [0.5, 0.6) is 0 Å². The summed E-state index contributed by atoms with van der Waals surface area (Å²) in [6.07, 6.45) is 0. The topological polar surface area (TPSA) is 15.3 Å². The summed E-state index contributed by atoms with van der Waals surface area (Å²) in [6, 6.07) is 8.96. The molecule has 0 spiro atoms. The van der Waals surface area contributed by atoms with Crippen molar-refractivity contribution >= 4 is 11.6 Å². The fourth-order valence-electron chi connectivity index (χ4n) is 2.69. The van der Waals surface area contributed by atoms with Gasteiger partial charge in [-0.25, -0.2) is 0 Å². The summed E-state index contributed by atoms with van der Waals surface area (Å²) in [5.74, 6) is 1.28. The molecule has 0 bridgehead atoms. The minimum absolute atomic E-state index is 0.312. The minimum Gasteiger partial charge on any atom is -0.315 e. The summed E-state index contributed by atoms with van der Waals surface area (Å²) in [5, 5.41) is 4.45. The molecule has 0 amide bonds. The van der Waals surface area contributed by atoms with E-state index in [0.717, 1.165) is 18.1 Å². The van der Waals surface area contributed by atoms with Gasteiger partial charge in [0, 0.05) is 23.7 Å². The fraction of sp³-hybridized carbons (Fsp3) is 0.667. The van der Waals surface area contributed by atoms with Gasteiger partial charge in [-0.3, -0.25) is 4.90 Å². The summed E-state index contributed by atoms with van der Waals surface area (Å²) >= 11 is 6.35. The van der Waals surface area contributed by atoms with Gasteiger partial charge in [-0.2, -0.15) is 0 Å². The van der Waals surface area contributed by atoms with Gasteiger partial charge in [-0.1, -0.05) is 57.5 Å². The molecule has 1 N–H and O–H groups in total. The first-order chi connectivity index (χ1) is 9.84. The number of nitrogens with one attached hydrogen (secondary N) is 1. The van der Waals surface area contributed by atoms with Crippen molar-refractivity contribution in [2.24, 2.45) is 11.8 Å². The molecule has 2 nitrogen and oxygen atoms in total. The molecular formula is C18H31ClN2. The Bertz CT molecular complexity index is 417. The first kappa shape index (κ1) is 18.5. The largest absolute Gasteiger partial charge is 0.315 e. The summed E-state index contributed by atoms with van der Waals surface area (Å²) in [6.45, 7) is 13.4. The molecule has 120 valence electrons. The predicted molar refractivity (Wildman–Crippen MR) is 94.0 cm³/mol. The van der Waals surface area contributed by atoms with Crippen LogP contribution in [0.3, 0.4) is 0 Å². The van der Waals surface area contributed by atoms with Crippen LogP contribution >= 0.6 is 11.6 Å². The number of halogens is 1. The standard InChI is InChI=1S/C18H31ClN2/c1-13(2)11-20-12-18(14(3)4)21(6)15(5)16-9-7-8-10-17(16)19/h7-10,13-15,18,20H,11-12H2,1-6H3. The predicted octanol–water partition coefficient (Wildman–Crippen LogP) is 4.60. The van der Waals surface area contributed by atoms with Crippen molar-refractivity contribution in [1.29, 1.82) is 0 Å². The third-order valence-electron chi connectivity index (χ3n) is 4.16. The van der Waals surface area contributed by atoms with Crippen molar-refractivity contribution in [2.75, 3.05) is 20.1 Å². The summed E-state index contributed by atoms with van der Waals surface area (Å²) in [4.78, 5) is 2.44. The van der Waals surface area contributed by atoms with Gasteiger partial charge in [0.15, 0.2) is 0 Å². The van der Waals surface area contributed by atoms with Gasteiger partial charge in [0.25, 0.3) is 0 Å². The highest BCUT2D eigenvalue weighted by Crippen LogP contribution is 2.28. The van der Waals surface area contributed by atoms with E-state index in [0.29, 0.717) is 23.9 Å². The fourth-order valence-corrected chi connectivity index (χ4v) is 2.98. The zero-order valence-corrected chi connectivity index (χ0v) is 15.1. The third-order valence-corrected chi connectivity index (χ3v) is 4.51. The zero-order chi connectivity index (χ0) is 16.0. The first-order valence-corrected chi connectivity index (χ1v) is 8.39. The van der Waals surface area contributed by atoms with E-state index >= 15 is 0 Å². The highest BCUT2D eigenvalue weighted by molar-refractivity contribution is 6.31. The Labute approximate surface area is 135 Å². The number of rotatable bonds is 8. The van der Waals surface area contributed by atoms with E-state index in [4.69, 9.17) is 11.6 Å². The van der Waals surface area contributed by atoms with Crippen LogP contribution in [0.4, 0.5) is 0 Å². The maximum absolute atomic E-state index is 6.35. The molecule has 0 heterocycles. The smallest absolute Gasteiger partial charge is 0.0453 e. The minimum atomic E-state index is 0.312. The lowest BCUT2D eigenvalue weighted by Gasteiger charge is -2.36. The monoisotopic (exact) mass is 310 g/mol. The first-order valence-electron chi connectivity index (χ1n) is 8.01. The van der Waals surface area contributed by atoms with Crippen LogP contribution < -0.4 is 5.32 Å². The van der Waals surface area contributed by atoms with Crippen molar-refractivity contribution in [3.05, 3.63) is 34.9 Å². The Balaban J connectivity index is 2.76. The lowest BCUT2D eigenvalue weighted by molar-refractivity contribution is 0.141. The molecule has 0 saturated carbocycles. The highest BCUT2D eigenvalue weighted by atomic mass is 35.5. The van der Waals surface area contributed by atoms with E-state index in [9.17, 15) is 0 Å². The van der Waals surface area contributed by atoms with Crippen LogP contribution in [0.15, 0.2) is 24.3 Å². The molecular weight excluding hydrogens is 280 g/mol. The molecule has 21 heavy (non-hydrogen) atoms. The average molecular weight is 311 g/mol. The van der Waals surface area contributed by atoms with Crippen molar-refractivity contribution in [3.8, 4) is 0 Å². The number of nitrogens with zero attached hydrogens (tertiary/aromatic N) is 1. The molecule has 2 unspecified atom stereocenters. The molecule has 0 aliphatic rings. The molecule has 0 aromatic heterocycles.